The Morgan fingerprint density at radius 1 is 1.29 bits per heavy atom. The predicted molar refractivity (Wildman–Crippen MR) is 131 cm³/mol. The van der Waals surface area contributed by atoms with Gasteiger partial charge in [0, 0.05) is 23.7 Å². The number of hydrogen-bond acceptors (Lipinski definition) is 5. The van der Waals surface area contributed by atoms with E-state index in [9.17, 15) is 19.4 Å². The number of benzene rings is 2. The van der Waals surface area contributed by atoms with Gasteiger partial charge in [-0.15, -0.1) is 0 Å². The predicted octanol–water partition coefficient (Wildman–Crippen LogP) is 4.27. The first-order chi connectivity index (χ1) is 16.9. The number of fused-ring (bicyclic) bond motifs is 1. The van der Waals surface area contributed by atoms with Gasteiger partial charge in [0.25, 0.3) is 0 Å². The van der Waals surface area contributed by atoms with E-state index < -0.39 is 18.0 Å². The number of carboxylic acid groups (broad SMARTS) is 1. The molecule has 2 N–H and O–H groups in total. The van der Waals surface area contributed by atoms with Crippen LogP contribution in [0, 0.1) is 29.5 Å². The molecule has 0 saturated carbocycles. The molecule has 7 heteroatoms. The number of carboxylic acids is 1. The van der Waals surface area contributed by atoms with Crippen LogP contribution in [0.2, 0.25) is 0 Å². The molecule has 2 heterocycles. The number of halogens is 1. The normalized spacial score (nSPS) is 19.1. The van der Waals surface area contributed by atoms with E-state index in [0.717, 1.165) is 29.4 Å². The minimum atomic E-state index is -0.827. The number of aliphatic hydroxyl groups is 1. The van der Waals surface area contributed by atoms with Crippen molar-refractivity contribution >= 4 is 16.9 Å². The van der Waals surface area contributed by atoms with Crippen molar-refractivity contribution < 1.29 is 24.1 Å². The van der Waals surface area contributed by atoms with Gasteiger partial charge in [-0.2, -0.15) is 0 Å². The fraction of sp³-hybridized carbons (Fsp3) is 0.357. The molecule has 4 rings (SSSR count). The van der Waals surface area contributed by atoms with E-state index in [-0.39, 0.29) is 11.7 Å². The van der Waals surface area contributed by atoms with E-state index in [1.54, 1.807) is 31.5 Å². The highest BCUT2D eigenvalue weighted by atomic mass is 19.1. The number of likely N-dealkylation sites (tertiary alicyclic amines) is 1. The maximum atomic E-state index is 13.3. The molecule has 1 saturated heterocycles. The smallest absolute Gasteiger partial charge is 0.308 e. The number of aromatic nitrogens is 1. The van der Waals surface area contributed by atoms with Gasteiger partial charge < -0.3 is 14.9 Å². The number of aliphatic hydroxyl groups excluding tert-OH is 1. The standard InChI is InChI=1S/C28H29FN2O4/c1-35-22-8-9-26-24(17-22)23(11-13-30-26)27(32)10-7-20-12-15-31(18-25(20)28(33)34)14-3-5-19-4-2-6-21(29)16-19/h2,4,6,8-9,11,13,16-17,20,25,27,32H,7,10,12,14-15,18H2,1H3,(H,33,34). The zero-order valence-electron chi connectivity index (χ0n) is 19.7. The molecule has 0 radical (unpaired) electrons. The van der Waals surface area contributed by atoms with Crippen LogP contribution in [0.25, 0.3) is 10.9 Å². The molecular formula is C28H29FN2O4. The van der Waals surface area contributed by atoms with Crippen LogP contribution in [0.5, 0.6) is 5.75 Å². The second kappa shape index (κ2) is 11.3. The summed E-state index contributed by atoms with van der Waals surface area (Å²) in [5, 5.41) is 21.6. The van der Waals surface area contributed by atoms with Crippen LogP contribution in [0.15, 0.2) is 54.7 Å². The van der Waals surface area contributed by atoms with Crippen LogP contribution >= 0.6 is 0 Å². The quantitative estimate of drug-likeness (QED) is 0.496. The third-order valence-corrected chi connectivity index (χ3v) is 6.67. The Bertz CT molecular complexity index is 1250. The lowest BCUT2D eigenvalue weighted by Crippen LogP contribution is -2.44. The van der Waals surface area contributed by atoms with Gasteiger partial charge in [0.15, 0.2) is 0 Å². The summed E-state index contributed by atoms with van der Waals surface area (Å²) in [4.78, 5) is 18.4. The minimum absolute atomic E-state index is 0.0304. The zero-order chi connectivity index (χ0) is 24.8. The topological polar surface area (TPSA) is 82.9 Å². The molecule has 6 nitrogen and oxygen atoms in total. The molecule has 2 aromatic carbocycles. The fourth-order valence-corrected chi connectivity index (χ4v) is 4.75. The summed E-state index contributed by atoms with van der Waals surface area (Å²) in [7, 11) is 1.60. The van der Waals surface area contributed by atoms with Crippen molar-refractivity contribution in [2.75, 3.05) is 26.7 Å². The summed E-state index contributed by atoms with van der Waals surface area (Å²) < 4.78 is 18.6. The molecule has 3 atom stereocenters. The highest BCUT2D eigenvalue weighted by Crippen LogP contribution is 2.33. The SMILES string of the molecule is COc1ccc2nccc(C(O)CCC3CCN(CC#Cc4cccc(F)c4)CC3C(=O)O)c2c1. The number of pyridine rings is 1. The lowest BCUT2D eigenvalue weighted by molar-refractivity contribution is -0.146. The van der Waals surface area contributed by atoms with Gasteiger partial charge in [0.05, 0.1) is 31.2 Å². The van der Waals surface area contributed by atoms with E-state index in [0.29, 0.717) is 37.2 Å². The number of methoxy groups -OCH3 is 1. The Morgan fingerprint density at radius 2 is 2.14 bits per heavy atom. The lowest BCUT2D eigenvalue weighted by Gasteiger charge is -2.36. The summed E-state index contributed by atoms with van der Waals surface area (Å²) in [6.07, 6.45) is 2.74. The molecule has 35 heavy (non-hydrogen) atoms. The van der Waals surface area contributed by atoms with Crippen molar-refractivity contribution in [3.63, 3.8) is 0 Å². The Hall–Kier alpha value is -3.47. The molecule has 0 aliphatic carbocycles. The van der Waals surface area contributed by atoms with E-state index in [4.69, 9.17) is 4.74 Å². The number of hydrogen-bond donors (Lipinski definition) is 2. The average Bonchev–Trinajstić information content (AvgIpc) is 2.87. The molecule has 1 aliphatic rings. The molecule has 1 fully saturated rings. The molecule has 3 aromatic rings. The molecule has 182 valence electrons. The highest BCUT2D eigenvalue weighted by molar-refractivity contribution is 5.83. The Labute approximate surface area is 204 Å². The highest BCUT2D eigenvalue weighted by Gasteiger charge is 2.34. The van der Waals surface area contributed by atoms with Gasteiger partial charge in [0.2, 0.25) is 0 Å². The zero-order valence-corrected chi connectivity index (χ0v) is 19.7. The third-order valence-electron chi connectivity index (χ3n) is 6.67. The number of rotatable bonds is 7. The Kier molecular flexibility index (Phi) is 7.96. The van der Waals surface area contributed by atoms with Gasteiger partial charge in [-0.3, -0.25) is 14.7 Å². The Morgan fingerprint density at radius 3 is 2.91 bits per heavy atom. The van der Waals surface area contributed by atoms with Crippen LogP contribution in [0.4, 0.5) is 4.39 Å². The first kappa shape index (κ1) is 24.6. The second-order valence-electron chi connectivity index (χ2n) is 8.92. The molecule has 1 aromatic heterocycles. The van der Waals surface area contributed by atoms with Crippen LogP contribution in [-0.2, 0) is 4.79 Å². The largest absolute Gasteiger partial charge is 0.497 e. The summed E-state index contributed by atoms with van der Waals surface area (Å²) in [6.45, 7) is 1.57. The van der Waals surface area contributed by atoms with E-state index in [2.05, 4.69) is 16.8 Å². The van der Waals surface area contributed by atoms with Crippen molar-refractivity contribution in [3.8, 4) is 17.6 Å². The van der Waals surface area contributed by atoms with Gasteiger partial charge in [0.1, 0.15) is 11.6 Å². The van der Waals surface area contributed by atoms with Gasteiger partial charge >= 0.3 is 5.97 Å². The van der Waals surface area contributed by atoms with E-state index >= 15 is 0 Å². The minimum Gasteiger partial charge on any atom is -0.497 e. The molecular weight excluding hydrogens is 447 g/mol. The summed E-state index contributed by atoms with van der Waals surface area (Å²) in [5.41, 5.74) is 2.15. The lowest BCUT2D eigenvalue weighted by atomic mass is 9.81. The number of ether oxygens (including phenoxy) is 1. The van der Waals surface area contributed by atoms with E-state index in [1.807, 2.05) is 23.1 Å². The average molecular weight is 477 g/mol. The van der Waals surface area contributed by atoms with Gasteiger partial charge in [-0.05, 0) is 79.8 Å². The Balaban J connectivity index is 1.38. The van der Waals surface area contributed by atoms with Crippen molar-refractivity contribution in [2.45, 2.75) is 25.4 Å². The maximum Gasteiger partial charge on any atom is 0.308 e. The summed E-state index contributed by atoms with van der Waals surface area (Å²) in [6, 6.07) is 13.5. The van der Waals surface area contributed by atoms with Crippen molar-refractivity contribution in [1.82, 2.24) is 9.88 Å². The van der Waals surface area contributed by atoms with Crippen LogP contribution in [0.1, 0.15) is 36.5 Å². The second-order valence-corrected chi connectivity index (χ2v) is 8.92. The number of piperidine rings is 1. The van der Waals surface area contributed by atoms with E-state index in [1.165, 1.54) is 12.1 Å². The number of aliphatic carboxylic acids is 1. The number of carbonyl (C=O) groups is 1. The first-order valence-corrected chi connectivity index (χ1v) is 11.7. The van der Waals surface area contributed by atoms with Crippen LogP contribution in [0.3, 0.4) is 0 Å². The van der Waals surface area contributed by atoms with Crippen LogP contribution in [-0.4, -0.2) is 52.8 Å². The molecule has 0 spiro atoms. The molecule has 1 aliphatic heterocycles. The van der Waals surface area contributed by atoms with Crippen LogP contribution < -0.4 is 4.74 Å². The first-order valence-electron chi connectivity index (χ1n) is 11.7. The van der Waals surface area contributed by atoms with Crippen molar-refractivity contribution in [1.29, 1.82) is 0 Å². The number of nitrogens with zero attached hydrogens (tertiary/aromatic N) is 2. The summed E-state index contributed by atoms with van der Waals surface area (Å²) in [5.74, 6) is 4.95. The van der Waals surface area contributed by atoms with Crippen molar-refractivity contribution in [2.24, 2.45) is 11.8 Å². The molecule has 0 amide bonds. The van der Waals surface area contributed by atoms with Gasteiger partial charge in [-0.25, -0.2) is 4.39 Å². The monoisotopic (exact) mass is 476 g/mol. The van der Waals surface area contributed by atoms with Crippen molar-refractivity contribution in [3.05, 3.63) is 71.7 Å². The molecule has 0 bridgehead atoms. The fourth-order valence-electron chi connectivity index (χ4n) is 4.75. The third kappa shape index (κ3) is 6.16. The maximum absolute atomic E-state index is 13.3. The molecule has 3 unspecified atom stereocenters. The summed E-state index contributed by atoms with van der Waals surface area (Å²) >= 11 is 0. The van der Waals surface area contributed by atoms with Gasteiger partial charge in [-0.1, -0.05) is 17.9 Å².